The number of carbonyl (C=O) groups is 1. The van der Waals surface area contributed by atoms with Crippen molar-refractivity contribution in [3.8, 4) is 11.5 Å². The topological polar surface area (TPSA) is 35.5 Å². The summed E-state index contributed by atoms with van der Waals surface area (Å²) in [7, 11) is 0. The van der Waals surface area contributed by atoms with E-state index in [0.717, 1.165) is 12.0 Å². The maximum atomic E-state index is 12.8. The Bertz CT molecular complexity index is 645. The van der Waals surface area contributed by atoms with Gasteiger partial charge in [-0.3, -0.25) is 4.79 Å². The lowest BCUT2D eigenvalue weighted by molar-refractivity contribution is -0.155. The van der Waals surface area contributed by atoms with Gasteiger partial charge in [-0.2, -0.15) is 0 Å². The minimum absolute atomic E-state index is 0.222. The van der Waals surface area contributed by atoms with Crippen LogP contribution in [0.2, 0.25) is 0 Å². The average molecular weight is 316 g/mol. The molecule has 3 nitrogen and oxygen atoms in total. The molecule has 2 aromatic rings. The van der Waals surface area contributed by atoms with Crippen molar-refractivity contribution < 1.29 is 18.7 Å². The van der Waals surface area contributed by atoms with Gasteiger partial charge in [0.2, 0.25) is 0 Å². The number of carbonyl (C=O) groups excluding carboxylic acids is 1. The van der Waals surface area contributed by atoms with Gasteiger partial charge in [-0.05, 0) is 62.2 Å². The summed E-state index contributed by atoms with van der Waals surface area (Å²) in [6.07, 6.45) is 0.990. The molecule has 0 bridgehead atoms. The van der Waals surface area contributed by atoms with Crippen LogP contribution in [0.25, 0.3) is 0 Å². The first-order valence-electron chi connectivity index (χ1n) is 7.62. The van der Waals surface area contributed by atoms with E-state index in [2.05, 4.69) is 0 Å². The lowest BCUT2D eigenvalue weighted by Crippen LogP contribution is -2.27. The summed E-state index contributed by atoms with van der Waals surface area (Å²) in [6, 6.07) is 13.0. The molecule has 0 amide bonds. The molecule has 4 heteroatoms. The summed E-state index contributed by atoms with van der Waals surface area (Å²) < 4.78 is 23.9. The van der Waals surface area contributed by atoms with Crippen LogP contribution in [0.5, 0.6) is 11.5 Å². The van der Waals surface area contributed by atoms with Crippen LogP contribution in [0.3, 0.4) is 0 Å². The van der Waals surface area contributed by atoms with Gasteiger partial charge < -0.3 is 9.47 Å². The largest absolute Gasteiger partial charge is 0.459 e. The number of esters is 1. The number of hydrogen-bond donors (Lipinski definition) is 0. The second-order valence-electron chi connectivity index (χ2n) is 5.96. The first-order chi connectivity index (χ1) is 10.9. The molecule has 2 rings (SSSR count). The smallest absolute Gasteiger partial charge is 0.310 e. The van der Waals surface area contributed by atoms with Gasteiger partial charge in [0.15, 0.2) is 0 Å². The Hall–Kier alpha value is -2.36. The Morgan fingerprint density at radius 2 is 1.52 bits per heavy atom. The molecule has 0 unspecified atom stereocenters. The molecule has 0 aliphatic carbocycles. The third-order valence-electron chi connectivity index (χ3n) is 3.56. The highest BCUT2D eigenvalue weighted by molar-refractivity contribution is 5.73. The van der Waals surface area contributed by atoms with Gasteiger partial charge in [-0.15, -0.1) is 0 Å². The minimum atomic E-state index is -0.442. The van der Waals surface area contributed by atoms with Crippen LogP contribution >= 0.6 is 0 Å². The van der Waals surface area contributed by atoms with Crippen molar-refractivity contribution in [3.63, 3.8) is 0 Å². The summed E-state index contributed by atoms with van der Waals surface area (Å²) in [5.41, 5.74) is 0.413. The van der Waals surface area contributed by atoms with Gasteiger partial charge in [0.25, 0.3) is 0 Å². The number of rotatable bonds is 6. The van der Waals surface area contributed by atoms with Gasteiger partial charge >= 0.3 is 5.97 Å². The van der Waals surface area contributed by atoms with Crippen LogP contribution in [0.15, 0.2) is 48.5 Å². The summed E-state index contributed by atoms with van der Waals surface area (Å²) in [5, 5.41) is 0. The summed E-state index contributed by atoms with van der Waals surface area (Å²) >= 11 is 0. The molecule has 0 aromatic heterocycles. The second-order valence-corrected chi connectivity index (χ2v) is 5.96. The zero-order valence-corrected chi connectivity index (χ0v) is 13.6. The highest BCUT2D eigenvalue weighted by atomic mass is 19.1. The zero-order chi connectivity index (χ0) is 16.9. The molecular formula is C19H21FO3. The van der Waals surface area contributed by atoms with E-state index in [-0.39, 0.29) is 18.2 Å². The third-order valence-corrected chi connectivity index (χ3v) is 3.56. The maximum absolute atomic E-state index is 12.8. The summed E-state index contributed by atoms with van der Waals surface area (Å²) in [5.74, 6) is 0.635. The molecule has 0 saturated heterocycles. The van der Waals surface area contributed by atoms with Crippen molar-refractivity contribution in [3.05, 3.63) is 59.9 Å². The van der Waals surface area contributed by atoms with E-state index < -0.39 is 5.60 Å². The molecule has 23 heavy (non-hydrogen) atoms. The number of benzene rings is 2. The molecule has 0 fully saturated rings. The number of halogens is 1. The van der Waals surface area contributed by atoms with Gasteiger partial charge in [0.05, 0.1) is 6.42 Å². The molecule has 0 spiro atoms. The normalized spacial score (nSPS) is 11.1. The van der Waals surface area contributed by atoms with Crippen LogP contribution in [0, 0.1) is 5.82 Å². The van der Waals surface area contributed by atoms with Crippen LogP contribution in [-0.4, -0.2) is 11.6 Å². The van der Waals surface area contributed by atoms with E-state index in [4.69, 9.17) is 9.47 Å². The lowest BCUT2D eigenvalue weighted by Gasteiger charge is -2.23. The van der Waals surface area contributed by atoms with Crippen LogP contribution < -0.4 is 4.74 Å². The highest BCUT2D eigenvalue weighted by Gasteiger charge is 2.20. The Morgan fingerprint density at radius 3 is 2.04 bits per heavy atom. The quantitative estimate of drug-likeness (QED) is 0.712. The first kappa shape index (κ1) is 17.0. The fraction of sp³-hybridized carbons (Fsp3) is 0.316. The van der Waals surface area contributed by atoms with E-state index >= 15 is 0 Å². The van der Waals surface area contributed by atoms with Crippen molar-refractivity contribution in [2.75, 3.05) is 0 Å². The standard InChI is InChI=1S/C19H21FO3/c1-4-19(2,3)23-18(21)13-14-5-9-16(10-6-14)22-17-11-7-15(20)8-12-17/h5-12H,4,13H2,1-3H3. The van der Waals surface area contributed by atoms with E-state index in [9.17, 15) is 9.18 Å². The predicted molar refractivity (Wildman–Crippen MR) is 87.1 cm³/mol. The van der Waals surface area contributed by atoms with E-state index in [0.29, 0.717) is 11.5 Å². The van der Waals surface area contributed by atoms with E-state index in [1.54, 1.807) is 24.3 Å². The summed E-state index contributed by atoms with van der Waals surface area (Å²) in [4.78, 5) is 11.9. The van der Waals surface area contributed by atoms with Crippen molar-refractivity contribution in [1.82, 2.24) is 0 Å². The predicted octanol–water partition coefficient (Wildman–Crippen LogP) is 4.89. The minimum Gasteiger partial charge on any atom is -0.459 e. The molecule has 0 radical (unpaired) electrons. The monoisotopic (exact) mass is 316 g/mol. The molecule has 0 aliphatic heterocycles. The molecule has 0 aliphatic rings. The van der Waals surface area contributed by atoms with E-state index in [1.165, 1.54) is 12.1 Å². The van der Waals surface area contributed by atoms with Crippen LogP contribution in [0.1, 0.15) is 32.8 Å². The first-order valence-corrected chi connectivity index (χ1v) is 7.62. The Kier molecular flexibility index (Phi) is 5.37. The van der Waals surface area contributed by atoms with Gasteiger partial charge in [0.1, 0.15) is 22.9 Å². The SMILES string of the molecule is CCC(C)(C)OC(=O)Cc1ccc(Oc2ccc(F)cc2)cc1. The molecule has 2 aromatic carbocycles. The second kappa shape index (κ2) is 7.27. The molecule has 0 atom stereocenters. The molecule has 0 heterocycles. The molecular weight excluding hydrogens is 295 g/mol. The van der Waals surface area contributed by atoms with Crippen molar-refractivity contribution in [2.24, 2.45) is 0 Å². The Labute approximate surface area is 136 Å². The zero-order valence-electron chi connectivity index (χ0n) is 13.6. The number of ether oxygens (including phenoxy) is 2. The van der Waals surface area contributed by atoms with Crippen molar-refractivity contribution in [2.45, 2.75) is 39.2 Å². The highest BCUT2D eigenvalue weighted by Crippen LogP contribution is 2.22. The summed E-state index contributed by atoms with van der Waals surface area (Å²) in [6.45, 7) is 5.77. The number of hydrogen-bond acceptors (Lipinski definition) is 3. The maximum Gasteiger partial charge on any atom is 0.310 e. The van der Waals surface area contributed by atoms with Gasteiger partial charge in [-0.25, -0.2) is 4.39 Å². The third kappa shape index (κ3) is 5.40. The van der Waals surface area contributed by atoms with Gasteiger partial charge in [-0.1, -0.05) is 19.1 Å². The van der Waals surface area contributed by atoms with Gasteiger partial charge in [0, 0.05) is 0 Å². The van der Waals surface area contributed by atoms with Crippen molar-refractivity contribution in [1.29, 1.82) is 0 Å². The molecule has 0 saturated carbocycles. The Morgan fingerprint density at radius 1 is 1.00 bits per heavy atom. The lowest BCUT2D eigenvalue weighted by atomic mass is 10.1. The Balaban J connectivity index is 1.94. The molecule has 122 valence electrons. The average Bonchev–Trinajstić information content (AvgIpc) is 2.51. The van der Waals surface area contributed by atoms with Crippen molar-refractivity contribution >= 4 is 5.97 Å². The van der Waals surface area contributed by atoms with Crippen LogP contribution in [0.4, 0.5) is 4.39 Å². The van der Waals surface area contributed by atoms with Crippen LogP contribution in [-0.2, 0) is 16.0 Å². The van der Waals surface area contributed by atoms with E-state index in [1.807, 2.05) is 32.9 Å². The molecule has 0 N–H and O–H groups in total. The fourth-order valence-electron chi connectivity index (χ4n) is 1.90. The fourth-order valence-corrected chi connectivity index (χ4v) is 1.90.